The lowest BCUT2D eigenvalue weighted by Gasteiger charge is -2.37. The normalized spacial score (nSPS) is 12.3. The second-order valence-corrected chi connectivity index (χ2v) is 8.28. The van der Waals surface area contributed by atoms with Gasteiger partial charge in [-0.2, -0.15) is 0 Å². The number of thiazole rings is 1. The highest BCUT2D eigenvalue weighted by molar-refractivity contribution is 7.14. The number of rotatable bonds is 2. The van der Waals surface area contributed by atoms with E-state index >= 15 is 0 Å². The van der Waals surface area contributed by atoms with Crippen LogP contribution >= 0.6 is 11.3 Å². The van der Waals surface area contributed by atoms with Crippen molar-refractivity contribution in [3.05, 3.63) is 35.7 Å². The van der Waals surface area contributed by atoms with E-state index < -0.39 is 5.41 Å². The summed E-state index contributed by atoms with van der Waals surface area (Å²) in [6.07, 6.45) is 0. The van der Waals surface area contributed by atoms with Gasteiger partial charge in [-0.25, -0.2) is 4.98 Å². The fraction of sp³-hybridized carbons (Fsp3) is 0.444. The molecule has 0 atom stereocenters. The minimum Gasteiger partial charge on any atom is -0.282 e. The minimum absolute atomic E-state index is 0.0916. The molecule has 0 radical (unpaired) electrons. The van der Waals surface area contributed by atoms with Crippen LogP contribution in [0.2, 0.25) is 0 Å². The van der Waals surface area contributed by atoms with Crippen molar-refractivity contribution in [1.82, 2.24) is 4.98 Å². The van der Waals surface area contributed by atoms with Crippen molar-refractivity contribution in [2.75, 3.05) is 4.90 Å². The first kappa shape index (κ1) is 16.7. The van der Waals surface area contributed by atoms with Gasteiger partial charge in [-0.05, 0) is 20.8 Å². The summed E-state index contributed by atoms with van der Waals surface area (Å²) in [5, 5.41) is 2.77. The van der Waals surface area contributed by atoms with Crippen molar-refractivity contribution in [1.29, 1.82) is 0 Å². The number of hydrogen-bond acceptors (Lipinski definition) is 3. The molecule has 1 aromatic carbocycles. The van der Waals surface area contributed by atoms with Gasteiger partial charge in [0.25, 0.3) is 0 Å². The largest absolute Gasteiger partial charge is 0.282 e. The Labute approximate surface area is 137 Å². The highest BCUT2D eigenvalue weighted by Gasteiger charge is 2.36. The molecule has 1 amide bonds. The second-order valence-electron chi connectivity index (χ2n) is 7.44. The molecule has 0 spiro atoms. The van der Waals surface area contributed by atoms with Crippen molar-refractivity contribution in [3.8, 4) is 11.3 Å². The van der Waals surface area contributed by atoms with Crippen molar-refractivity contribution in [3.63, 3.8) is 0 Å². The van der Waals surface area contributed by atoms with Crippen LogP contribution in [0.3, 0.4) is 0 Å². The third kappa shape index (κ3) is 3.55. The number of nitrogens with zero attached hydrogens (tertiary/aromatic N) is 2. The van der Waals surface area contributed by atoms with Gasteiger partial charge in [0, 0.05) is 21.9 Å². The standard InChI is InChI=1S/C18H24N2OS/c1-17(2,3)15(21)20(18(4,5)6)16-19-14(12-22-16)13-10-8-7-9-11-13/h7-12H,1-6H3. The summed E-state index contributed by atoms with van der Waals surface area (Å²) in [6, 6.07) is 10.0. The fourth-order valence-electron chi connectivity index (χ4n) is 2.12. The Morgan fingerprint density at radius 3 is 2.14 bits per heavy atom. The first-order valence-corrected chi connectivity index (χ1v) is 8.34. The van der Waals surface area contributed by atoms with Crippen molar-refractivity contribution in [2.45, 2.75) is 47.1 Å². The second kappa shape index (κ2) is 5.84. The van der Waals surface area contributed by atoms with E-state index in [1.807, 2.05) is 82.2 Å². The highest BCUT2D eigenvalue weighted by Crippen LogP contribution is 2.34. The molecule has 118 valence electrons. The first-order chi connectivity index (χ1) is 10.1. The Kier molecular flexibility index (Phi) is 4.43. The average molecular weight is 316 g/mol. The summed E-state index contributed by atoms with van der Waals surface area (Å²) in [6.45, 7) is 12.0. The topological polar surface area (TPSA) is 33.2 Å². The van der Waals surface area contributed by atoms with Crippen LogP contribution in [0.4, 0.5) is 5.13 Å². The van der Waals surface area contributed by atoms with Crippen molar-refractivity contribution < 1.29 is 4.79 Å². The predicted molar refractivity (Wildman–Crippen MR) is 94.2 cm³/mol. The third-order valence-electron chi connectivity index (χ3n) is 3.27. The number of carbonyl (C=O) groups is 1. The molecule has 3 nitrogen and oxygen atoms in total. The van der Waals surface area contributed by atoms with E-state index in [1.54, 1.807) is 0 Å². The van der Waals surface area contributed by atoms with E-state index in [0.29, 0.717) is 0 Å². The molecule has 4 heteroatoms. The lowest BCUT2D eigenvalue weighted by molar-refractivity contribution is -0.126. The monoisotopic (exact) mass is 316 g/mol. The predicted octanol–water partition coefficient (Wildman–Crippen LogP) is 4.99. The van der Waals surface area contributed by atoms with Crippen molar-refractivity contribution >= 4 is 22.4 Å². The number of hydrogen-bond donors (Lipinski definition) is 0. The molecule has 0 fully saturated rings. The molecule has 0 bridgehead atoms. The summed E-state index contributed by atoms with van der Waals surface area (Å²) >= 11 is 1.52. The van der Waals surface area contributed by atoms with Crippen LogP contribution in [-0.4, -0.2) is 16.4 Å². The zero-order chi connectivity index (χ0) is 16.5. The smallest absolute Gasteiger partial charge is 0.234 e. The SMILES string of the molecule is CC(C)(C)C(=O)N(c1nc(-c2ccccc2)cs1)C(C)(C)C. The molecule has 0 saturated carbocycles. The Morgan fingerprint density at radius 2 is 1.64 bits per heavy atom. The van der Waals surface area contributed by atoms with Gasteiger partial charge < -0.3 is 0 Å². The van der Waals surface area contributed by atoms with E-state index in [4.69, 9.17) is 4.98 Å². The van der Waals surface area contributed by atoms with Crippen LogP contribution in [0.5, 0.6) is 0 Å². The molecular weight excluding hydrogens is 292 g/mol. The molecule has 0 aliphatic rings. The molecule has 0 aliphatic carbocycles. The van der Waals surface area contributed by atoms with Crippen LogP contribution in [0.1, 0.15) is 41.5 Å². The maximum absolute atomic E-state index is 12.9. The zero-order valence-electron chi connectivity index (χ0n) is 14.2. The third-order valence-corrected chi connectivity index (χ3v) is 4.09. The van der Waals surface area contributed by atoms with E-state index in [-0.39, 0.29) is 11.4 Å². The van der Waals surface area contributed by atoms with Gasteiger partial charge >= 0.3 is 0 Å². The van der Waals surface area contributed by atoms with Gasteiger partial charge in [-0.1, -0.05) is 51.1 Å². The Hall–Kier alpha value is -1.68. The summed E-state index contributed by atoms with van der Waals surface area (Å²) in [5.74, 6) is 0.0916. The summed E-state index contributed by atoms with van der Waals surface area (Å²) in [4.78, 5) is 19.4. The first-order valence-electron chi connectivity index (χ1n) is 7.46. The Morgan fingerprint density at radius 1 is 1.05 bits per heavy atom. The summed E-state index contributed by atoms with van der Waals surface area (Å²) < 4.78 is 0. The van der Waals surface area contributed by atoms with Gasteiger partial charge in [-0.3, -0.25) is 9.69 Å². The highest BCUT2D eigenvalue weighted by atomic mass is 32.1. The van der Waals surface area contributed by atoms with Gasteiger partial charge in [0.15, 0.2) is 5.13 Å². The van der Waals surface area contributed by atoms with E-state index in [2.05, 4.69) is 0 Å². The number of anilines is 1. The van der Waals surface area contributed by atoms with Crippen molar-refractivity contribution in [2.24, 2.45) is 5.41 Å². The Bertz CT molecular complexity index is 648. The van der Waals surface area contributed by atoms with Gasteiger partial charge in [0.05, 0.1) is 5.69 Å². The molecule has 22 heavy (non-hydrogen) atoms. The van der Waals surface area contributed by atoms with Gasteiger partial charge in [-0.15, -0.1) is 11.3 Å². The molecule has 0 saturated heterocycles. The molecule has 2 rings (SSSR count). The van der Waals surface area contributed by atoms with E-state index in [1.165, 1.54) is 11.3 Å². The average Bonchev–Trinajstić information content (AvgIpc) is 2.86. The number of amides is 1. The van der Waals surface area contributed by atoms with Gasteiger partial charge in [0.2, 0.25) is 5.91 Å². The lowest BCUT2D eigenvalue weighted by Crippen LogP contribution is -2.50. The quantitative estimate of drug-likeness (QED) is 0.782. The molecule has 1 heterocycles. The molecule has 1 aromatic heterocycles. The lowest BCUT2D eigenvalue weighted by atomic mass is 9.92. The number of aromatic nitrogens is 1. The molecule has 0 unspecified atom stereocenters. The summed E-state index contributed by atoms with van der Waals surface area (Å²) in [7, 11) is 0. The maximum Gasteiger partial charge on any atom is 0.234 e. The molecular formula is C18H24N2OS. The minimum atomic E-state index is -0.439. The molecule has 2 aromatic rings. The van der Waals surface area contributed by atoms with E-state index in [9.17, 15) is 4.79 Å². The van der Waals surface area contributed by atoms with Crippen LogP contribution in [-0.2, 0) is 4.79 Å². The van der Waals surface area contributed by atoms with E-state index in [0.717, 1.165) is 16.4 Å². The zero-order valence-corrected chi connectivity index (χ0v) is 15.0. The molecule has 0 N–H and O–H groups in total. The summed E-state index contributed by atoms with van der Waals surface area (Å²) in [5.41, 5.74) is 1.24. The van der Waals surface area contributed by atoms with Crippen LogP contribution < -0.4 is 4.90 Å². The van der Waals surface area contributed by atoms with Crippen LogP contribution in [0, 0.1) is 5.41 Å². The Balaban J connectivity index is 2.43. The van der Waals surface area contributed by atoms with Gasteiger partial charge in [0.1, 0.15) is 0 Å². The number of benzene rings is 1. The maximum atomic E-state index is 12.9. The number of carbonyl (C=O) groups excluding carboxylic acids is 1. The molecule has 0 aliphatic heterocycles. The van der Waals surface area contributed by atoms with Crippen LogP contribution in [0.15, 0.2) is 35.7 Å². The van der Waals surface area contributed by atoms with Crippen LogP contribution in [0.25, 0.3) is 11.3 Å². The fourth-order valence-corrected chi connectivity index (χ4v) is 3.14.